The summed E-state index contributed by atoms with van der Waals surface area (Å²) in [5.41, 5.74) is 0.875. The predicted molar refractivity (Wildman–Crippen MR) is 93.7 cm³/mol. The molecule has 3 heterocycles. The minimum Gasteiger partial charge on any atom is -0.489 e. The zero-order valence-corrected chi connectivity index (χ0v) is 14.1. The third kappa shape index (κ3) is 4.43. The van der Waals surface area contributed by atoms with E-state index in [0.29, 0.717) is 13.1 Å². The molecule has 0 atom stereocenters. The first kappa shape index (κ1) is 16.7. The molecular weight excluding hydrogens is 324 g/mol. The van der Waals surface area contributed by atoms with Gasteiger partial charge in [-0.1, -0.05) is 0 Å². The number of rotatable bonds is 5. The number of aliphatic hydroxyl groups is 1. The summed E-state index contributed by atoms with van der Waals surface area (Å²) in [4.78, 5) is 19.1. The van der Waals surface area contributed by atoms with Crippen molar-refractivity contribution in [2.75, 3.05) is 13.1 Å². The van der Waals surface area contributed by atoms with E-state index in [2.05, 4.69) is 4.98 Å². The van der Waals surface area contributed by atoms with Crippen molar-refractivity contribution in [1.82, 2.24) is 9.88 Å². The zero-order chi connectivity index (χ0) is 16.8. The van der Waals surface area contributed by atoms with E-state index >= 15 is 0 Å². The van der Waals surface area contributed by atoms with Crippen LogP contribution in [0.1, 0.15) is 23.3 Å². The smallest absolute Gasteiger partial charge is 0.246 e. The quantitative estimate of drug-likeness (QED) is 0.847. The topological polar surface area (TPSA) is 62.7 Å². The Morgan fingerprint density at radius 1 is 1.46 bits per heavy atom. The monoisotopic (exact) mass is 344 g/mol. The molecular formula is C18H20N2O3S. The van der Waals surface area contributed by atoms with Crippen molar-refractivity contribution in [3.05, 3.63) is 52.5 Å². The first-order valence-corrected chi connectivity index (χ1v) is 8.84. The second-order valence-corrected chi connectivity index (χ2v) is 6.62. The highest BCUT2D eigenvalue weighted by Gasteiger charge is 2.22. The number of aliphatic hydroxyl groups excluding tert-OH is 1. The van der Waals surface area contributed by atoms with Gasteiger partial charge in [0, 0.05) is 43.1 Å². The second-order valence-electron chi connectivity index (χ2n) is 5.68. The summed E-state index contributed by atoms with van der Waals surface area (Å²) in [5, 5.41) is 10.9. The number of hydrogen-bond acceptors (Lipinski definition) is 5. The van der Waals surface area contributed by atoms with Crippen LogP contribution < -0.4 is 4.74 Å². The van der Waals surface area contributed by atoms with Crippen LogP contribution in [0.25, 0.3) is 6.08 Å². The van der Waals surface area contributed by atoms with E-state index in [0.717, 1.165) is 29.0 Å². The van der Waals surface area contributed by atoms with Gasteiger partial charge in [0.15, 0.2) is 0 Å². The Balaban J connectivity index is 1.48. The summed E-state index contributed by atoms with van der Waals surface area (Å²) in [6.07, 6.45) is 8.62. The zero-order valence-electron chi connectivity index (χ0n) is 13.3. The normalized spacial score (nSPS) is 15.8. The van der Waals surface area contributed by atoms with Gasteiger partial charge in [0.25, 0.3) is 0 Å². The van der Waals surface area contributed by atoms with Crippen molar-refractivity contribution in [3.63, 3.8) is 0 Å². The van der Waals surface area contributed by atoms with E-state index in [1.807, 2.05) is 34.6 Å². The maximum atomic E-state index is 12.3. The Hall–Kier alpha value is -2.18. The summed E-state index contributed by atoms with van der Waals surface area (Å²) in [6, 6.07) is 5.64. The lowest BCUT2D eigenvalue weighted by molar-refractivity contribution is -0.127. The van der Waals surface area contributed by atoms with Crippen LogP contribution >= 0.6 is 11.3 Å². The summed E-state index contributed by atoms with van der Waals surface area (Å²) < 4.78 is 5.89. The Kier molecular flexibility index (Phi) is 5.61. The van der Waals surface area contributed by atoms with Crippen LogP contribution in [-0.4, -0.2) is 40.1 Å². The number of ether oxygens (including phenoxy) is 1. The SMILES string of the molecule is O=C(/C=C/c1cc(CO)cs1)N1CCC(Oc2cccnc2)CC1. The van der Waals surface area contributed by atoms with Crippen LogP contribution in [0.2, 0.25) is 0 Å². The highest BCUT2D eigenvalue weighted by molar-refractivity contribution is 7.11. The van der Waals surface area contributed by atoms with E-state index in [9.17, 15) is 4.79 Å². The molecule has 0 aromatic carbocycles. The van der Waals surface area contributed by atoms with Gasteiger partial charge >= 0.3 is 0 Å². The Morgan fingerprint density at radius 2 is 2.29 bits per heavy atom. The molecule has 2 aromatic rings. The first-order valence-electron chi connectivity index (χ1n) is 7.96. The molecule has 1 N–H and O–H groups in total. The molecule has 1 fully saturated rings. The maximum absolute atomic E-state index is 12.3. The summed E-state index contributed by atoms with van der Waals surface area (Å²) >= 11 is 1.52. The number of thiophene rings is 1. The molecule has 0 aliphatic carbocycles. The van der Waals surface area contributed by atoms with Gasteiger partial charge in [-0.2, -0.15) is 0 Å². The third-order valence-corrected chi connectivity index (χ3v) is 4.88. The van der Waals surface area contributed by atoms with Crippen LogP contribution in [0.5, 0.6) is 5.75 Å². The number of nitrogens with zero attached hydrogens (tertiary/aromatic N) is 2. The van der Waals surface area contributed by atoms with E-state index in [1.165, 1.54) is 11.3 Å². The van der Waals surface area contributed by atoms with Gasteiger partial charge in [-0.25, -0.2) is 0 Å². The fraction of sp³-hybridized carbons (Fsp3) is 0.333. The lowest BCUT2D eigenvalue weighted by Gasteiger charge is -2.31. The van der Waals surface area contributed by atoms with E-state index < -0.39 is 0 Å². The number of aromatic nitrogens is 1. The number of likely N-dealkylation sites (tertiary alicyclic amines) is 1. The molecule has 1 aliphatic rings. The fourth-order valence-corrected chi connectivity index (χ4v) is 3.42. The minimum atomic E-state index is 0.0220. The first-order chi connectivity index (χ1) is 11.7. The highest BCUT2D eigenvalue weighted by atomic mass is 32.1. The number of pyridine rings is 1. The summed E-state index contributed by atoms with van der Waals surface area (Å²) in [5.74, 6) is 0.799. The van der Waals surface area contributed by atoms with Crippen LogP contribution in [0.3, 0.4) is 0 Å². The maximum Gasteiger partial charge on any atom is 0.246 e. The molecule has 1 aliphatic heterocycles. The molecule has 3 rings (SSSR count). The highest BCUT2D eigenvalue weighted by Crippen LogP contribution is 2.19. The molecule has 0 bridgehead atoms. The molecule has 0 radical (unpaired) electrons. The van der Waals surface area contributed by atoms with E-state index in [-0.39, 0.29) is 18.6 Å². The summed E-state index contributed by atoms with van der Waals surface area (Å²) in [6.45, 7) is 1.42. The molecule has 1 amide bonds. The Morgan fingerprint density at radius 3 is 2.96 bits per heavy atom. The Labute approximate surface area is 145 Å². The van der Waals surface area contributed by atoms with Crippen LogP contribution in [0, 0.1) is 0 Å². The molecule has 6 heteroatoms. The Bertz CT molecular complexity index is 691. The molecule has 0 saturated carbocycles. The van der Waals surface area contributed by atoms with Gasteiger partial charge in [-0.3, -0.25) is 9.78 Å². The number of amides is 1. The van der Waals surface area contributed by atoms with E-state index in [1.54, 1.807) is 18.5 Å². The van der Waals surface area contributed by atoms with E-state index in [4.69, 9.17) is 9.84 Å². The van der Waals surface area contributed by atoms with Gasteiger partial charge in [0.2, 0.25) is 5.91 Å². The van der Waals surface area contributed by atoms with Crippen molar-refractivity contribution in [3.8, 4) is 5.75 Å². The van der Waals surface area contributed by atoms with Gasteiger partial charge in [-0.15, -0.1) is 11.3 Å². The molecule has 2 aromatic heterocycles. The van der Waals surface area contributed by atoms with Crippen molar-refractivity contribution < 1.29 is 14.6 Å². The third-order valence-electron chi connectivity index (χ3n) is 3.94. The van der Waals surface area contributed by atoms with Crippen LogP contribution in [0.15, 0.2) is 42.0 Å². The number of carbonyl (C=O) groups excluding carboxylic acids is 1. The van der Waals surface area contributed by atoms with Crippen molar-refractivity contribution >= 4 is 23.3 Å². The van der Waals surface area contributed by atoms with Crippen molar-refractivity contribution in [2.24, 2.45) is 0 Å². The average Bonchev–Trinajstić information content (AvgIpc) is 3.09. The van der Waals surface area contributed by atoms with Gasteiger partial charge in [-0.05, 0) is 35.2 Å². The van der Waals surface area contributed by atoms with Crippen LogP contribution in [0.4, 0.5) is 0 Å². The van der Waals surface area contributed by atoms with Crippen molar-refractivity contribution in [1.29, 1.82) is 0 Å². The molecule has 24 heavy (non-hydrogen) atoms. The molecule has 126 valence electrons. The van der Waals surface area contributed by atoms with Gasteiger partial charge in [0.05, 0.1) is 12.8 Å². The number of carbonyl (C=O) groups is 1. The molecule has 1 saturated heterocycles. The van der Waals surface area contributed by atoms with Gasteiger partial charge in [0.1, 0.15) is 11.9 Å². The fourth-order valence-electron chi connectivity index (χ4n) is 2.63. The second kappa shape index (κ2) is 8.08. The number of hydrogen-bond donors (Lipinski definition) is 1. The largest absolute Gasteiger partial charge is 0.489 e. The molecule has 0 unspecified atom stereocenters. The number of piperidine rings is 1. The standard InChI is InChI=1S/C18H20N2O3S/c21-12-14-10-17(24-13-14)3-4-18(22)20-8-5-15(6-9-20)23-16-2-1-7-19-11-16/h1-4,7,10-11,13,15,21H,5-6,8-9,12H2/b4-3+. The average molecular weight is 344 g/mol. The lowest BCUT2D eigenvalue weighted by atomic mass is 10.1. The van der Waals surface area contributed by atoms with Gasteiger partial charge < -0.3 is 14.7 Å². The summed E-state index contributed by atoms with van der Waals surface area (Å²) in [7, 11) is 0. The lowest BCUT2D eigenvalue weighted by Crippen LogP contribution is -2.41. The predicted octanol–water partition coefficient (Wildman–Crippen LogP) is 2.72. The molecule has 0 spiro atoms. The minimum absolute atomic E-state index is 0.0220. The molecule has 5 nitrogen and oxygen atoms in total. The van der Waals surface area contributed by atoms with Crippen LogP contribution in [-0.2, 0) is 11.4 Å². The van der Waals surface area contributed by atoms with Crippen molar-refractivity contribution in [2.45, 2.75) is 25.6 Å².